The van der Waals surface area contributed by atoms with Crippen LogP contribution in [0.25, 0.3) is 22.3 Å². The van der Waals surface area contributed by atoms with E-state index in [1.54, 1.807) is 0 Å². The Hall–Kier alpha value is -4.61. The molecule has 0 bridgehead atoms. The van der Waals surface area contributed by atoms with Gasteiger partial charge in [-0.3, -0.25) is 14.4 Å². The molecule has 0 saturated carbocycles. The molecule has 56 heavy (non-hydrogen) atoms. The number of ether oxygens (including phenoxy) is 8. The number of phenolic OH excluding ortho intramolecular Hbond substituents is 2. The summed E-state index contributed by atoms with van der Waals surface area (Å²) >= 11 is 0. The first kappa shape index (κ1) is 41.0. The van der Waals surface area contributed by atoms with Gasteiger partial charge >= 0.3 is 11.9 Å². The Morgan fingerprint density at radius 2 is 1.32 bits per heavy atom. The number of aromatic hydroxyl groups is 2. The van der Waals surface area contributed by atoms with E-state index in [0.29, 0.717) is 0 Å². The number of aliphatic hydroxyl groups is 6. The van der Waals surface area contributed by atoms with Crippen molar-refractivity contribution in [3.05, 3.63) is 46.6 Å². The van der Waals surface area contributed by atoms with E-state index >= 15 is 0 Å². The first-order valence-electron chi connectivity index (χ1n) is 17.4. The average Bonchev–Trinajstić information content (AvgIpc) is 3.13. The Kier molecular flexibility index (Phi) is 12.1. The highest BCUT2D eigenvalue weighted by atomic mass is 16.7. The van der Waals surface area contributed by atoms with Crippen LogP contribution >= 0.6 is 0 Å². The van der Waals surface area contributed by atoms with Crippen LogP contribution in [0.2, 0.25) is 0 Å². The lowest BCUT2D eigenvalue weighted by Gasteiger charge is -2.44. The van der Waals surface area contributed by atoms with Gasteiger partial charge in [0.05, 0.1) is 18.8 Å². The number of hydrogen-bond donors (Lipinski definition) is 8. The predicted octanol–water partition coefficient (Wildman–Crippen LogP) is -1.11. The van der Waals surface area contributed by atoms with Crippen LogP contribution in [0, 0.1) is 0 Å². The van der Waals surface area contributed by atoms with Gasteiger partial charge in [0.25, 0.3) is 0 Å². The van der Waals surface area contributed by atoms with Gasteiger partial charge < -0.3 is 83.2 Å². The van der Waals surface area contributed by atoms with Crippen LogP contribution in [0.1, 0.15) is 27.7 Å². The number of benzene rings is 2. The largest absolute Gasteiger partial charge is 0.508 e. The molecule has 14 atom stereocenters. The molecule has 0 unspecified atom stereocenters. The molecule has 3 saturated heterocycles. The minimum Gasteiger partial charge on any atom is -0.508 e. The van der Waals surface area contributed by atoms with Crippen molar-refractivity contribution in [2.45, 2.75) is 114 Å². The molecular formula is C36H42O20. The summed E-state index contributed by atoms with van der Waals surface area (Å²) in [5.41, 5.74) is -1.10. The van der Waals surface area contributed by atoms with E-state index in [2.05, 4.69) is 0 Å². The molecule has 20 nitrogen and oxygen atoms in total. The quantitative estimate of drug-likeness (QED) is 0.119. The second-order valence-corrected chi connectivity index (χ2v) is 13.6. The first-order valence-corrected chi connectivity index (χ1v) is 17.4. The number of aliphatic hydroxyl groups excluding tert-OH is 6. The van der Waals surface area contributed by atoms with Crippen molar-refractivity contribution in [2.24, 2.45) is 0 Å². The zero-order valence-corrected chi connectivity index (χ0v) is 30.2. The fourth-order valence-electron chi connectivity index (χ4n) is 6.54. The van der Waals surface area contributed by atoms with Gasteiger partial charge in [-0.05, 0) is 38.1 Å². The summed E-state index contributed by atoms with van der Waals surface area (Å²) in [5.74, 6) is -3.48. The summed E-state index contributed by atoms with van der Waals surface area (Å²) in [5, 5.41) is 84.8. The molecule has 8 N–H and O–H groups in total. The number of carbonyl (C=O) groups is 2. The lowest BCUT2D eigenvalue weighted by molar-refractivity contribution is -0.336. The molecule has 3 aliphatic heterocycles. The molecule has 306 valence electrons. The van der Waals surface area contributed by atoms with Crippen molar-refractivity contribution in [2.75, 3.05) is 6.61 Å². The van der Waals surface area contributed by atoms with Crippen molar-refractivity contribution in [1.82, 2.24) is 0 Å². The summed E-state index contributed by atoms with van der Waals surface area (Å²) in [7, 11) is 0. The highest BCUT2D eigenvalue weighted by molar-refractivity contribution is 5.88. The summed E-state index contributed by atoms with van der Waals surface area (Å²) in [6.07, 6.45) is -21.4. The number of esters is 2. The van der Waals surface area contributed by atoms with Crippen molar-refractivity contribution in [3.63, 3.8) is 0 Å². The second kappa shape index (κ2) is 16.5. The van der Waals surface area contributed by atoms with Gasteiger partial charge in [-0.2, -0.15) is 0 Å². The molecule has 2 aromatic carbocycles. The van der Waals surface area contributed by atoms with Gasteiger partial charge in [-0.1, -0.05) is 0 Å². The maximum atomic E-state index is 14.2. The summed E-state index contributed by atoms with van der Waals surface area (Å²) in [6, 6.07) is 7.48. The van der Waals surface area contributed by atoms with Crippen LogP contribution < -0.4 is 14.9 Å². The molecule has 0 radical (unpaired) electrons. The van der Waals surface area contributed by atoms with Crippen LogP contribution in [0.5, 0.6) is 23.0 Å². The van der Waals surface area contributed by atoms with E-state index in [0.717, 1.165) is 19.9 Å². The normalized spacial score (nSPS) is 34.8. The fourth-order valence-corrected chi connectivity index (χ4v) is 6.54. The third-order valence-corrected chi connectivity index (χ3v) is 9.43. The monoisotopic (exact) mass is 794 g/mol. The lowest BCUT2D eigenvalue weighted by Crippen LogP contribution is -2.63. The first-order chi connectivity index (χ1) is 26.4. The number of rotatable bonds is 9. The number of phenols is 2. The van der Waals surface area contributed by atoms with E-state index in [9.17, 15) is 55.2 Å². The van der Waals surface area contributed by atoms with Crippen LogP contribution in [-0.4, -0.2) is 145 Å². The smallest absolute Gasteiger partial charge is 0.303 e. The molecule has 1 aromatic heterocycles. The van der Waals surface area contributed by atoms with Crippen LogP contribution in [0.3, 0.4) is 0 Å². The molecule has 4 heterocycles. The lowest BCUT2D eigenvalue weighted by atomic mass is 9.98. The summed E-state index contributed by atoms with van der Waals surface area (Å²) in [6.45, 7) is 4.60. The molecule has 0 spiro atoms. The molecule has 3 aliphatic rings. The van der Waals surface area contributed by atoms with E-state index in [1.807, 2.05) is 0 Å². The molecule has 0 aliphatic carbocycles. The van der Waals surface area contributed by atoms with Gasteiger partial charge in [0.1, 0.15) is 70.9 Å². The van der Waals surface area contributed by atoms with Gasteiger partial charge in [0.2, 0.25) is 23.8 Å². The van der Waals surface area contributed by atoms with E-state index in [-0.39, 0.29) is 28.4 Å². The maximum absolute atomic E-state index is 14.2. The summed E-state index contributed by atoms with van der Waals surface area (Å²) < 4.78 is 50.5. The Morgan fingerprint density at radius 1 is 0.714 bits per heavy atom. The molecule has 0 amide bonds. The van der Waals surface area contributed by atoms with E-state index < -0.39 is 127 Å². The molecule has 6 rings (SSSR count). The van der Waals surface area contributed by atoms with Crippen molar-refractivity contribution in [1.29, 1.82) is 0 Å². The number of hydrogen-bond acceptors (Lipinski definition) is 20. The van der Waals surface area contributed by atoms with Gasteiger partial charge in [0.15, 0.2) is 24.3 Å². The number of carbonyl (C=O) groups excluding carboxylic acids is 2. The molecule has 20 heteroatoms. The van der Waals surface area contributed by atoms with Crippen molar-refractivity contribution >= 4 is 22.9 Å². The van der Waals surface area contributed by atoms with Crippen LogP contribution in [0.4, 0.5) is 0 Å². The zero-order valence-electron chi connectivity index (χ0n) is 30.2. The van der Waals surface area contributed by atoms with Crippen molar-refractivity contribution in [3.8, 4) is 34.3 Å². The minimum absolute atomic E-state index is 0.142. The fraction of sp³-hybridized carbons (Fsp3) is 0.528. The third-order valence-electron chi connectivity index (χ3n) is 9.43. The second-order valence-electron chi connectivity index (χ2n) is 13.6. The average molecular weight is 795 g/mol. The van der Waals surface area contributed by atoms with Gasteiger partial charge in [0, 0.05) is 31.5 Å². The topological polar surface area (TPSA) is 300 Å². The SMILES string of the molecule is CC(=O)O[C@H]1[C@H](O)[C@@H](O[C@@H]2[C@H](O)[C@@H](Oc3c(-c4ccc(O)cc4)oc4cc(O[C@@H]5O[C@@H](C)[C@H](O)[C@@H](O)[C@H]5O)cc(O)c4c3=O)O[C@H](C)[C@H]2O)OC[C@@H]1OC(C)=O. The molecular weight excluding hydrogens is 752 g/mol. The van der Waals surface area contributed by atoms with E-state index in [1.165, 1.54) is 44.2 Å². The highest BCUT2D eigenvalue weighted by Crippen LogP contribution is 2.39. The Balaban J connectivity index is 1.32. The van der Waals surface area contributed by atoms with Gasteiger partial charge in [-0.15, -0.1) is 0 Å². The van der Waals surface area contributed by atoms with Crippen LogP contribution in [0.15, 0.2) is 45.6 Å². The standard InChI is InChI=1S/C36H42O20/c1-12-23(41)26(44)27(45)35(49-12)53-18-9-19(40)22-20(10-18)54-30(16-5-7-17(39)8-6-16)33(25(22)43)56-36-29(47)32(24(42)13(2)50-36)55-34-28(46)31(52-15(4)38)21(11-48-34)51-14(3)37/h5-10,12-13,21,23-24,26-29,31-32,34-36,39-42,44-47H,11H2,1-4H3/t12-,13+,21-,23-,24+,26+,27+,28-,29-,31+,32-,34+,35-,36+/m0/s1. The maximum Gasteiger partial charge on any atom is 0.303 e. The van der Waals surface area contributed by atoms with Crippen LogP contribution in [-0.2, 0) is 38.0 Å². The van der Waals surface area contributed by atoms with Crippen molar-refractivity contribution < 1.29 is 92.8 Å². The number of fused-ring (bicyclic) bond motifs is 1. The molecule has 3 aromatic rings. The zero-order chi connectivity index (χ0) is 40.7. The Morgan fingerprint density at radius 3 is 1.96 bits per heavy atom. The minimum atomic E-state index is -1.93. The van der Waals surface area contributed by atoms with E-state index in [4.69, 9.17) is 42.3 Å². The predicted molar refractivity (Wildman–Crippen MR) is 183 cm³/mol. The third kappa shape index (κ3) is 8.25. The summed E-state index contributed by atoms with van der Waals surface area (Å²) in [4.78, 5) is 37.6. The highest BCUT2D eigenvalue weighted by Gasteiger charge is 2.51. The Labute approximate surface area is 316 Å². The van der Waals surface area contributed by atoms with Gasteiger partial charge in [-0.25, -0.2) is 0 Å². The molecule has 3 fully saturated rings. The Bertz CT molecular complexity index is 1950.